The van der Waals surface area contributed by atoms with Gasteiger partial charge in [0.15, 0.2) is 0 Å². The van der Waals surface area contributed by atoms with Gasteiger partial charge >= 0.3 is 5.97 Å². The topological polar surface area (TPSA) is 88.6 Å². The molecule has 0 unspecified atom stereocenters. The molecule has 0 spiro atoms. The van der Waals surface area contributed by atoms with E-state index in [0.29, 0.717) is 36.6 Å². The van der Waals surface area contributed by atoms with E-state index in [9.17, 15) is 14.4 Å². The lowest BCUT2D eigenvalue weighted by molar-refractivity contribution is -0.152. The van der Waals surface area contributed by atoms with Crippen LogP contribution in [-0.4, -0.2) is 40.8 Å². The molecule has 0 saturated carbocycles. The van der Waals surface area contributed by atoms with Crippen LogP contribution in [0.1, 0.15) is 36.0 Å². The number of benzene rings is 1. The zero-order valence-corrected chi connectivity index (χ0v) is 17.5. The van der Waals surface area contributed by atoms with Crippen LogP contribution in [0, 0.1) is 12.8 Å². The zero-order valence-electron chi connectivity index (χ0n) is 16.6. The van der Waals surface area contributed by atoms with Gasteiger partial charge in [-0.1, -0.05) is 18.2 Å². The van der Waals surface area contributed by atoms with Gasteiger partial charge < -0.3 is 15.0 Å². The van der Waals surface area contributed by atoms with Crippen molar-refractivity contribution < 1.29 is 19.1 Å². The fourth-order valence-corrected chi connectivity index (χ4v) is 4.01. The lowest BCUT2D eigenvalue weighted by atomic mass is 9.97. The van der Waals surface area contributed by atoms with Crippen LogP contribution in [0.5, 0.6) is 0 Å². The summed E-state index contributed by atoms with van der Waals surface area (Å²) in [5.74, 6) is -0.517. The van der Waals surface area contributed by atoms with Gasteiger partial charge in [-0.2, -0.15) is 0 Å². The number of para-hydroxylation sites is 1. The number of ether oxygens (including phenoxy) is 1. The number of hydrogen-bond acceptors (Lipinski definition) is 6. The van der Waals surface area contributed by atoms with Crippen molar-refractivity contribution in [3.05, 3.63) is 45.9 Å². The number of carbonyl (C=O) groups excluding carboxylic acids is 3. The van der Waals surface area contributed by atoms with Gasteiger partial charge in [-0.15, -0.1) is 11.3 Å². The Kier molecular flexibility index (Phi) is 6.98. The summed E-state index contributed by atoms with van der Waals surface area (Å²) in [7, 11) is 0. The van der Waals surface area contributed by atoms with Crippen LogP contribution < -0.4 is 5.32 Å². The van der Waals surface area contributed by atoms with Gasteiger partial charge in [0.05, 0.1) is 18.0 Å². The Bertz CT molecular complexity index is 888. The molecule has 2 heterocycles. The van der Waals surface area contributed by atoms with Crippen molar-refractivity contribution in [2.45, 2.75) is 39.7 Å². The number of aromatic nitrogens is 1. The van der Waals surface area contributed by atoms with Crippen molar-refractivity contribution in [3.8, 4) is 0 Å². The van der Waals surface area contributed by atoms with Gasteiger partial charge in [0, 0.05) is 31.1 Å². The molecule has 154 valence electrons. The van der Waals surface area contributed by atoms with Crippen molar-refractivity contribution in [3.63, 3.8) is 0 Å². The standard InChI is InChI=1S/C21H25N3O4S/c1-14-5-3-4-6-18(14)23-19(26)11-20-22-17(13-29-20)12-28-21(27)16-7-9-24(10-8-16)15(2)25/h3-6,13,16H,7-12H2,1-2H3,(H,23,26). The summed E-state index contributed by atoms with van der Waals surface area (Å²) >= 11 is 1.38. The number of carbonyl (C=O) groups is 3. The quantitative estimate of drug-likeness (QED) is 0.733. The third-order valence-electron chi connectivity index (χ3n) is 4.97. The van der Waals surface area contributed by atoms with Gasteiger partial charge in [-0.3, -0.25) is 14.4 Å². The Morgan fingerprint density at radius 2 is 1.97 bits per heavy atom. The molecule has 1 N–H and O–H groups in total. The van der Waals surface area contributed by atoms with E-state index in [4.69, 9.17) is 4.74 Å². The molecule has 0 atom stereocenters. The van der Waals surface area contributed by atoms with Gasteiger partial charge in [0.2, 0.25) is 11.8 Å². The van der Waals surface area contributed by atoms with E-state index in [1.807, 2.05) is 36.6 Å². The van der Waals surface area contributed by atoms with Crippen LogP contribution in [0.15, 0.2) is 29.6 Å². The Balaban J connectivity index is 1.44. The van der Waals surface area contributed by atoms with Gasteiger partial charge in [-0.25, -0.2) is 4.98 Å². The average Bonchev–Trinajstić information content (AvgIpc) is 3.15. The molecule has 0 bridgehead atoms. The number of rotatable bonds is 6. The van der Waals surface area contributed by atoms with E-state index in [1.165, 1.54) is 11.3 Å². The van der Waals surface area contributed by atoms with Crippen LogP contribution in [0.4, 0.5) is 5.69 Å². The molecule has 29 heavy (non-hydrogen) atoms. The third-order valence-corrected chi connectivity index (χ3v) is 5.86. The Morgan fingerprint density at radius 3 is 2.66 bits per heavy atom. The number of thiazole rings is 1. The van der Waals surface area contributed by atoms with Crippen LogP contribution in [0.3, 0.4) is 0 Å². The molecular weight excluding hydrogens is 390 g/mol. The maximum Gasteiger partial charge on any atom is 0.309 e. The molecule has 0 aliphatic carbocycles. The summed E-state index contributed by atoms with van der Waals surface area (Å²) in [5.41, 5.74) is 2.43. The van der Waals surface area contributed by atoms with E-state index >= 15 is 0 Å². The minimum atomic E-state index is -0.250. The van der Waals surface area contributed by atoms with E-state index in [2.05, 4.69) is 10.3 Å². The Hall–Kier alpha value is -2.74. The lowest BCUT2D eigenvalue weighted by Gasteiger charge is -2.29. The number of esters is 1. The van der Waals surface area contributed by atoms with E-state index in [0.717, 1.165) is 11.3 Å². The molecule has 0 radical (unpaired) electrons. The molecule has 2 amide bonds. The minimum Gasteiger partial charge on any atom is -0.459 e. The highest BCUT2D eigenvalue weighted by atomic mass is 32.1. The molecule has 1 aliphatic heterocycles. The summed E-state index contributed by atoms with van der Waals surface area (Å²) in [6.45, 7) is 4.76. The summed E-state index contributed by atoms with van der Waals surface area (Å²) in [4.78, 5) is 42.0. The third kappa shape index (κ3) is 5.87. The fraction of sp³-hybridized carbons (Fsp3) is 0.429. The summed E-state index contributed by atoms with van der Waals surface area (Å²) < 4.78 is 5.39. The van der Waals surface area contributed by atoms with Crippen molar-refractivity contribution >= 4 is 34.8 Å². The smallest absolute Gasteiger partial charge is 0.309 e. The highest BCUT2D eigenvalue weighted by Gasteiger charge is 2.27. The first kappa shape index (κ1) is 21.0. The van der Waals surface area contributed by atoms with Crippen molar-refractivity contribution in [1.82, 2.24) is 9.88 Å². The summed E-state index contributed by atoms with van der Waals surface area (Å²) in [6, 6.07) is 7.60. The Labute approximate surface area is 174 Å². The predicted molar refractivity (Wildman–Crippen MR) is 110 cm³/mol. The zero-order chi connectivity index (χ0) is 20.8. The number of piperidine rings is 1. The number of nitrogens with zero attached hydrogens (tertiary/aromatic N) is 2. The second-order valence-electron chi connectivity index (χ2n) is 7.16. The maximum atomic E-state index is 12.3. The lowest BCUT2D eigenvalue weighted by Crippen LogP contribution is -2.39. The number of amides is 2. The van der Waals surface area contributed by atoms with Crippen molar-refractivity contribution in [2.75, 3.05) is 18.4 Å². The molecule has 1 aromatic heterocycles. The molecule has 3 rings (SSSR count). The van der Waals surface area contributed by atoms with E-state index < -0.39 is 0 Å². The largest absolute Gasteiger partial charge is 0.459 e. The van der Waals surface area contributed by atoms with Crippen LogP contribution in [0.25, 0.3) is 0 Å². The van der Waals surface area contributed by atoms with Crippen molar-refractivity contribution in [2.24, 2.45) is 5.92 Å². The molecule has 1 saturated heterocycles. The minimum absolute atomic E-state index is 0.0401. The first-order valence-corrected chi connectivity index (χ1v) is 10.5. The average molecular weight is 416 g/mol. The van der Waals surface area contributed by atoms with Crippen LogP contribution >= 0.6 is 11.3 Å². The second-order valence-corrected chi connectivity index (χ2v) is 8.10. The number of aryl methyl sites for hydroxylation is 1. The SMILES string of the molecule is CC(=O)N1CCC(C(=O)OCc2csc(CC(=O)Nc3ccccc3C)n2)CC1. The van der Waals surface area contributed by atoms with Gasteiger partial charge in [0.1, 0.15) is 11.6 Å². The Morgan fingerprint density at radius 1 is 1.24 bits per heavy atom. The molecular formula is C21H25N3O4S. The molecule has 7 nitrogen and oxygen atoms in total. The molecule has 1 fully saturated rings. The second kappa shape index (κ2) is 9.65. The predicted octanol–water partition coefficient (Wildman–Crippen LogP) is 2.93. The molecule has 1 aliphatic rings. The first-order valence-electron chi connectivity index (χ1n) is 9.63. The number of nitrogens with one attached hydrogen (secondary N) is 1. The number of anilines is 1. The monoisotopic (exact) mass is 415 g/mol. The fourth-order valence-electron chi connectivity index (χ4n) is 3.23. The summed E-state index contributed by atoms with van der Waals surface area (Å²) in [5, 5.41) is 5.37. The molecule has 1 aromatic carbocycles. The highest BCUT2D eigenvalue weighted by molar-refractivity contribution is 7.09. The number of hydrogen-bond donors (Lipinski definition) is 1. The first-order chi connectivity index (χ1) is 13.9. The summed E-state index contributed by atoms with van der Waals surface area (Å²) in [6.07, 6.45) is 1.43. The van der Waals surface area contributed by atoms with Gasteiger partial charge in [0.25, 0.3) is 0 Å². The van der Waals surface area contributed by atoms with Crippen molar-refractivity contribution in [1.29, 1.82) is 0 Å². The van der Waals surface area contributed by atoms with Gasteiger partial charge in [-0.05, 0) is 31.4 Å². The highest BCUT2D eigenvalue weighted by Crippen LogP contribution is 2.20. The van der Waals surface area contributed by atoms with Crippen LogP contribution in [-0.2, 0) is 32.1 Å². The molecule has 2 aromatic rings. The normalized spacial score (nSPS) is 14.5. The number of likely N-dealkylation sites (tertiary alicyclic amines) is 1. The van der Waals surface area contributed by atoms with Crippen LogP contribution in [0.2, 0.25) is 0 Å². The van der Waals surface area contributed by atoms with E-state index in [-0.39, 0.29) is 36.7 Å². The molecule has 8 heteroatoms. The van der Waals surface area contributed by atoms with E-state index in [1.54, 1.807) is 11.8 Å². The maximum absolute atomic E-state index is 12.3.